The van der Waals surface area contributed by atoms with E-state index in [1.165, 1.54) is 29.0 Å². The van der Waals surface area contributed by atoms with Crippen molar-refractivity contribution in [2.24, 2.45) is 0 Å². The number of aromatic nitrogens is 1. The first-order valence-electron chi connectivity index (χ1n) is 6.43. The number of hydrogen-bond acceptors (Lipinski definition) is 4. The van der Waals surface area contributed by atoms with Crippen molar-refractivity contribution < 1.29 is 8.42 Å². The van der Waals surface area contributed by atoms with Crippen molar-refractivity contribution in [3.05, 3.63) is 52.4 Å². The van der Waals surface area contributed by atoms with Gasteiger partial charge in [-0.25, -0.2) is 8.42 Å². The molecule has 21 heavy (non-hydrogen) atoms. The molecule has 2 rings (SSSR count). The van der Waals surface area contributed by atoms with Gasteiger partial charge in [0.25, 0.3) is 15.6 Å². The SMILES string of the molecule is CCn1cc(NS(=O)(=O)c2ccc(C)cc2N)ccc1=O. The van der Waals surface area contributed by atoms with Crippen molar-refractivity contribution in [1.82, 2.24) is 4.57 Å². The van der Waals surface area contributed by atoms with E-state index in [9.17, 15) is 13.2 Å². The number of benzene rings is 1. The predicted octanol–water partition coefficient (Wildman–Crippen LogP) is 1.56. The molecule has 0 amide bonds. The van der Waals surface area contributed by atoms with E-state index in [1.807, 2.05) is 6.92 Å². The number of anilines is 2. The topological polar surface area (TPSA) is 94.2 Å². The number of sulfonamides is 1. The van der Waals surface area contributed by atoms with Gasteiger partial charge in [-0.1, -0.05) is 6.07 Å². The van der Waals surface area contributed by atoms with Gasteiger partial charge in [0, 0.05) is 18.8 Å². The molecule has 0 unspecified atom stereocenters. The third kappa shape index (κ3) is 3.25. The highest BCUT2D eigenvalue weighted by atomic mass is 32.2. The summed E-state index contributed by atoms with van der Waals surface area (Å²) in [7, 11) is -3.79. The van der Waals surface area contributed by atoms with Crippen LogP contribution in [-0.2, 0) is 16.6 Å². The highest BCUT2D eigenvalue weighted by molar-refractivity contribution is 7.92. The van der Waals surface area contributed by atoms with Crippen molar-refractivity contribution in [2.75, 3.05) is 10.5 Å². The molecule has 1 aromatic carbocycles. The summed E-state index contributed by atoms with van der Waals surface area (Å²) in [6.45, 7) is 4.09. The van der Waals surface area contributed by atoms with Crippen molar-refractivity contribution in [3.8, 4) is 0 Å². The summed E-state index contributed by atoms with van der Waals surface area (Å²) in [5, 5.41) is 0. The Morgan fingerprint density at radius 1 is 1.24 bits per heavy atom. The Bertz CT molecular complexity index is 826. The molecule has 0 saturated carbocycles. The van der Waals surface area contributed by atoms with Crippen LogP contribution in [0.1, 0.15) is 12.5 Å². The zero-order valence-electron chi connectivity index (χ0n) is 11.8. The lowest BCUT2D eigenvalue weighted by Gasteiger charge is -2.12. The quantitative estimate of drug-likeness (QED) is 0.838. The zero-order chi connectivity index (χ0) is 15.6. The van der Waals surface area contributed by atoms with E-state index in [4.69, 9.17) is 5.73 Å². The molecule has 0 aliphatic rings. The molecule has 0 spiro atoms. The van der Waals surface area contributed by atoms with Crippen LogP contribution in [-0.4, -0.2) is 13.0 Å². The van der Waals surface area contributed by atoms with E-state index in [0.29, 0.717) is 12.2 Å². The minimum atomic E-state index is -3.79. The summed E-state index contributed by atoms with van der Waals surface area (Å²) in [5.74, 6) is 0. The van der Waals surface area contributed by atoms with Gasteiger partial charge in [-0.15, -0.1) is 0 Å². The fourth-order valence-electron chi connectivity index (χ4n) is 1.96. The first-order chi connectivity index (χ1) is 9.83. The number of pyridine rings is 1. The molecule has 0 radical (unpaired) electrons. The molecule has 0 fully saturated rings. The maximum absolute atomic E-state index is 12.3. The molecule has 2 aromatic rings. The second kappa shape index (κ2) is 5.61. The van der Waals surface area contributed by atoms with Gasteiger partial charge in [-0.05, 0) is 37.6 Å². The summed E-state index contributed by atoms with van der Waals surface area (Å²) in [4.78, 5) is 11.5. The lowest BCUT2D eigenvalue weighted by Crippen LogP contribution is -2.20. The van der Waals surface area contributed by atoms with Crippen LogP contribution in [0.25, 0.3) is 0 Å². The third-order valence-electron chi connectivity index (χ3n) is 3.03. The lowest BCUT2D eigenvalue weighted by molar-refractivity contribution is 0.601. The molecule has 7 heteroatoms. The highest BCUT2D eigenvalue weighted by Crippen LogP contribution is 2.22. The largest absolute Gasteiger partial charge is 0.398 e. The van der Waals surface area contributed by atoms with Crippen LogP contribution in [0.15, 0.2) is 46.2 Å². The number of rotatable bonds is 4. The zero-order valence-corrected chi connectivity index (χ0v) is 12.6. The first-order valence-corrected chi connectivity index (χ1v) is 7.91. The number of nitrogen functional groups attached to an aromatic ring is 1. The summed E-state index contributed by atoms with van der Waals surface area (Å²) in [6.07, 6.45) is 1.46. The fourth-order valence-corrected chi connectivity index (χ4v) is 3.12. The normalized spacial score (nSPS) is 11.3. The van der Waals surface area contributed by atoms with Crippen molar-refractivity contribution in [2.45, 2.75) is 25.3 Å². The number of nitrogens with two attached hydrogens (primary N) is 1. The summed E-state index contributed by atoms with van der Waals surface area (Å²) >= 11 is 0. The molecular formula is C14H17N3O3S. The maximum atomic E-state index is 12.3. The molecule has 1 heterocycles. The predicted molar refractivity (Wildman–Crippen MR) is 82.8 cm³/mol. The van der Waals surface area contributed by atoms with Gasteiger partial charge in [0.2, 0.25) is 0 Å². The second-order valence-corrected chi connectivity index (χ2v) is 6.34. The summed E-state index contributed by atoms with van der Waals surface area (Å²) in [5.41, 5.74) is 6.97. The monoisotopic (exact) mass is 307 g/mol. The standard InChI is InChI=1S/C14H17N3O3S/c1-3-17-9-11(5-7-14(17)18)16-21(19,20)13-6-4-10(2)8-12(13)15/h4-9,16H,3,15H2,1-2H3. The van der Waals surface area contributed by atoms with Gasteiger partial charge in [0.15, 0.2) is 0 Å². The Morgan fingerprint density at radius 2 is 1.95 bits per heavy atom. The molecule has 0 atom stereocenters. The van der Waals surface area contributed by atoms with Gasteiger partial charge in [0.1, 0.15) is 4.90 Å². The average molecular weight is 307 g/mol. The Morgan fingerprint density at radius 3 is 2.57 bits per heavy atom. The van der Waals surface area contributed by atoms with Crippen LogP contribution in [0.2, 0.25) is 0 Å². The van der Waals surface area contributed by atoms with Crippen LogP contribution < -0.4 is 16.0 Å². The molecule has 0 bridgehead atoms. The molecule has 6 nitrogen and oxygen atoms in total. The van der Waals surface area contributed by atoms with Gasteiger partial charge in [0.05, 0.1) is 11.4 Å². The Balaban J connectivity index is 2.39. The summed E-state index contributed by atoms with van der Waals surface area (Å²) < 4.78 is 28.5. The van der Waals surface area contributed by atoms with Gasteiger partial charge in [-0.3, -0.25) is 9.52 Å². The minimum Gasteiger partial charge on any atom is -0.398 e. The van der Waals surface area contributed by atoms with Crippen LogP contribution in [0, 0.1) is 6.92 Å². The van der Waals surface area contributed by atoms with E-state index < -0.39 is 10.0 Å². The maximum Gasteiger partial charge on any atom is 0.263 e. The molecule has 0 aliphatic heterocycles. The minimum absolute atomic E-state index is 0.0161. The van der Waals surface area contributed by atoms with Crippen molar-refractivity contribution in [1.29, 1.82) is 0 Å². The number of aryl methyl sites for hydroxylation is 2. The lowest BCUT2D eigenvalue weighted by atomic mass is 10.2. The smallest absolute Gasteiger partial charge is 0.263 e. The summed E-state index contributed by atoms with van der Waals surface area (Å²) in [6, 6.07) is 7.48. The van der Waals surface area contributed by atoms with Crippen LogP contribution in [0.5, 0.6) is 0 Å². The number of hydrogen-bond donors (Lipinski definition) is 2. The van der Waals surface area contributed by atoms with Crippen molar-refractivity contribution in [3.63, 3.8) is 0 Å². The van der Waals surface area contributed by atoms with Crippen LogP contribution in [0.3, 0.4) is 0 Å². The molecule has 0 aliphatic carbocycles. The first kappa shape index (κ1) is 15.1. The van der Waals surface area contributed by atoms with Crippen LogP contribution in [0.4, 0.5) is 11.4 Å². The van der Waals surface area contributed by atoms with E-state index >= 15 is 0 Å². The second-order valence-electron chi connectivity index (χ2n) is 4.69. The van der Waals surface area contributed by atoms with Gasteiger partial charge >= 0.3 is 0 Å². The molecular weight excluding hydrogens is 290 g/mol. The Hall–Kier alpha value is -2.28. The molecule has 1 aromatic heterocycles. The molecule has 3 N–H and O–H groups in total. The Labute approximate surface area is 123 Å². The fraction of sp³-hybridized carbons (Fsp3) is 0.214. The van der Waals surface area contributed by atoms with Gasteiger partial charge < -0.3 is 10.3 Å². The Kier molecular flexibility index (Phi) is 4.04. The van der Waals surface area contributed by atoms with Crippen LogP contribution >= 0.6 is 0 Å². The number of nitrogens with one attached hydrogen (secondary N) is 1. The molecule has 0 saturated heterocycles. The van der Waals surface area contributed by atoms with E-state index in [1.54, 1.807) is 19.1 Å². The third-order valence-corrected chi connectivity index (χ3v) is 4.49. The number of nitrogens with zero attached hydrogens (tertiary/aromatic N) is 1. The average Bonchev–Trinajstić information content (AvgIpc) is 2.40. The highest BCUT2D eigenvalue weighted by Gasteiger charge is 2.17. The van der Waals surface area contributed by atoms with E-state index in [0.717, 1.165) is 5.56 Å². The van der Waals surface area contributed by atoms with Gasteiger partial charge in [-0.2, -0.15) is 0 Å². The van der Waals surface area contributed by atoms with E-state index in [-0.39, 0.29) is 16.1 Å². The molecule has 112 valence electrons. The van der Waals surface area contributed by atoms with E-state index in [2.05, 4.69) is 4.72 Å². The van der Waals surface area contributed by atoms with Crippen molar-refractivity contribution >= 4 is 21.4 Å².